The Morgan fingerprint density at radius 3 is 1.23 bits per heavy atom. The van der Waals surface area contributed by atoms with E-state index in [1.807, 2.05) is 33.3 Å². The number of nitrogens with one attached hydrogen (secondary N) is 1. The summed E-state index contributed by atoms with van der Waals surface area (Å²) in [5.74, 6) is -0.556. The summed E-state index contributed by atoms with van der Waals surface area (Å²) in [5.41, 5.74) is 0. The Hall–Kier alpha value is -3.07. The third-order valence-corrected chi connectivity index (χ3v) is 15.2. The fraction of sp³-hybridized carbons (Fsp3) is 0.743. The van der Waals surface area contributed by atoms with Crippen LogP contribution in [-0.4, -0.2) is 69.4 Å². The molecule has 0 bridgehead atoms. The lowest BCUT2D eigenvalue weighted by Gasteiger charge is -2.30. The number of rotatable bonds is 59. The number of carbonyl (C=O) groups excluding carboxylic acids is 2. The zero-order chi connectivity index (χ0) is 58.6. The molecular weight excluding hydrogens is 1010 g/mol. The highest BCUT2D eigenvalue weighted by Gasteiger charge is 2.27. The molecule has 0 spiro atoms. The van der Waals surface area contributed by atoms with Gasteiger partial charge in [-0.1, -0.05) is 260 Å². The van der Waals surface area contributed by atoms with E-state index in [2.05, 4.69) is 111 Å². The van der Waals surface area contributed by atoms with Crippen LogP contribution in [-0.2, 0) is 27.9 Å². The fourth-order valence-corrected chi connectivity index (χ4v) is 9.89. The van der Waals surface area contributed by atoms with E-state index < -0.39 is 26.6 Å². The Bertz CT molecular complexity index is 1690. The molecule has 80 heavy (non-hydrogen) atoms. The number of unbranched alkanes of at least 4 members (excludes halogenated alkanes) is 29. The predicted molar refractivity (Wildman–Crippen MR) is 344 cm³/mol. The Morgan fingerprint density at radius 1 is 0.450 bits per heavy atom. The number of carbonyl (C=O) groups is 2. The molecule has 0 aromatic carbocycles. The van der Waals surface area contributed by atoms with Crippen molar-refractivity contribution in [1.82, 2.24) is 5.32 Å². The molecule has 3 atom stereocenters. The number of phosphoric ester groups is 1. The first-order valence-corrected chi connectivity index (χ1v) is 34.5. The van der Waals surface area contributed by atoms with E-state index >= 15 is 0 Å². The van der Waals surface area contributed by atoms with Gasteiger partial charge in [0.15, 0.2) is 0 Å². The second-order valence-electron chi connectivity index (χ2n) is 23.2. The molecule has 0 aromatic heterocycles. The van der Waals surface area contributed by atoms with Gasteiger partial charge in [0, 0.05) is 12.8 Å². The maximum Gasteiger partial charge on any atom is 0.306 e. The van der Waals surface area contributed by atoms with Crippen molar-refractivity contribution in [3.05, 3.63) is 97.2 Å². The number of hydrogen-bond acceptors (Lipinski definition) is 7. The molecule has 0 fully saturated rings. The lowest BCUT2D eigenvalue weighted by molar-refractivity contribution is -0.870. The summed E-state index contributed by atoms with van der Waals surface area (Å²) in [6.45, 7) is 6.71. The van der Waals surface area contributed by atoms with E-state index in [9.17, 15) is 19.0 Å². The first-order valence-electron chi connectivity index (χ1n) is 33.0. The van der Waals surface area contributed by atoms with Crippen LogP contribution in [0.3, 0.4) is 0 Å². The molecule has 1 amide bonds. The highest BCUT2D eigenvalue weighted by Crippen LogP contribution is 2.38. The average Bonchev–Trinajstić information content (AvgIpc) is 3.43. The summed E-state index contributed by atoms with van der Waals surface area (Å²) in [7, 11) is 1.17. The fourth-order valence-electron chi connectivity index (χ4n) is 9.17. The molecule has 10 heteroatoms. The van der Waals surface area contributed by atoms with E-state index in [-0.39, 0.29) is 24.9 Å². The third kappa shape index (κ3) is 59.5. The second kappa shape index (κ2) is 59.1. The van der Waals surface area contributed by atoms with Gasteiger partial charge in [-0.15, -0.1) is 0 Å². The van der Waals surface area contributed by atoms with Gasteiger partial charge in [0.25, 0.3) is 7.82 Å². The van der Waals surface area contributed by atoms with Crippen LogP contribution in [0.5, 0.6) is 0 Å². The van der Waals surface area contributed by atoms with Gasteiger partial charge in [0.05, 0.1) is 33.8 Å². The Balaban J connectivity index is 5.13. The van der Waals surface area contributed by atoms with E-state index in [4.69, 9.17) is 13.8 Å². The van der Waals surface area contributed by atoms with Crippen LogP contribution in [0.1, 0.15) is 284 Å². The van der Waals surface area contributed by atoms with Crippen LogP contribution in [0, 0.1) is 0 Å². The van der Waals surface area contributed by atoms with Crippen LogP contribution in [0.4, 0.5) is 0 Å². The number of esters is 1. The molecule has 0 radical (unpaired) electrons. The molecule has 9 nitrogen and oxygen atoms in total. The maximum atomic E-state index is 13.5. The SMILES string of the molecule is CC/C=C\C/C=C\C/C=C\C/C=C\C/C=C\C/C=C\CCCCCCCCCCC(=O)OC(/C=C\CCCCCCCCCCCC)C(COP(=O)([O-])OCC[N+](C)(C)C)NC(=O)CCCCCCCCC/C=C\CCCCCC. The maximum absolute atomic E-state index is 13.5. The molecule has 0 saturated carbocycles. The molecule has 0 saturated heterocycles. The van der Waals surface area contributed by atoms with E-state index in [1.54, 1.807) is 0 Å². The van der Waals surface area contributed by atoms with Gasteiger partial charge in [-0.05, 0) is 109 Å². The highest BCUT2D eigenvalue weighted by atomic mass is 31.2. The molecule has 462 valence electrons. The number of quaternary nitrogens is 1. The molecule has 3 unspecified atom stereocenters. The van der Waals surface area contributed by atoms with Crippen molar-refractivity contribution in [1.29, 1.82) is 0 Å². The van der Waals surface area contributed by atoms with Crippen LogP contribution < -0.4 is 10.2 Å². The van der Waals surface area contributed by atoms with Crippen molar-refractivity contribution in [3.8, 4) is 0 Å². The molecule has 0 rings (SSSR count). The predicted octanol–water partition coefficient (Wildman–Crippen LogP) is 20.1. The Morgan fingerprint density at radius 2 is 0.800 bits per heavy atom. The highest BCUT2D eigenvalue weighted by molar-refractivity contribution is 7.45. The summed E-state index contributed by atoms with van der Waals surface area (Å²) in [5, 5.41) is 3.03. The molecule has 0 aliphatic heterocycles. The minimum Gasteiger partial charge on any atom is -0.756 e. The van der Waals surface area contributed by atoms with Crippen molar-refractivity contribution >= 4 is 19.7 Å². The average molecular weight is 1140 g/mol. The van der Waals surface area contributed by atoms with E-state index in [0.717, 1.165) is 122 Å². The number of hydrogen-bond donors (Lipinski definition) is 1. The minimum absolute atomic E-state index is 0.0280. The summed E-state index contributed by atoms with van der Waals surface area (Å²) < 4.78 is 30.3. The summed E-state index contributed by atoms with van der Waals surface area (Å²) >= 11 is 0. The zero-order valence-electron chi connectivity index (χ0n) is 52.8. The molecular formula is C70H125N2O7P. The van der Waals surface area contributed by atoms with Gasteiger partial charge in [-0.25, -0.2) is 0 Å². The summed E-state index contributed by atoms with van der Waals surface area (Å²) in [6, 6.07) is -0.899. The minimum atomic E-state index is -4.71. The van der Waals surface area contributed by atoms with Crippen molar-refractivity contribution in [2.24, 2.45) is 0 Å². The van der Waals surface area contributed by atoms with Gasteiger partial charge < -0.3 is 28.5 Å². The number of ether oxygens (including phenoxy) is 1. The van der Waals surface area contributed by atoms with Gasteiger partial charge in [-0.3, -0.25) is 14.2 Å². The zero-order valence-corrected chi connectivity index (χ0v) is 53.7. The number of allylic oxidation sites excluding steroid dienone is 15. The third-order valence-electron chi connectivity index (χ3n) is 14.2. The smallest absolute Gasteiger partial charge is 0.306 e. The monoisotopic (exact) mass is 1140 g/mol. The number of nitrogens with zero attached hydrogens (tertiary/aromatic N) is 1. The van der Waals surface area contributed by atoms with Gasteiger partial charge in [-0.2, -0.15) is 0 Å². The molecule has 1 N–H and O–H groups in total. The van der Waals surface area contributed by atoms with Gasteiger partial charge >= 0.3 is 5.97 Å². The lowest BCUT2D eigenvalue weighted by Crippen LogP contribution is -2.47. The van der Waals surface area contributed by atoms with Crippen molar-refractivity contribution in [2.45, 2.75) is 296 Å². The largest absolute Gasteiger partial charge is 0.756 e. The van der Waals surface area contributed by atoms with Crippen molar-refractivity contribution in [3.63, 3.8) is 0 Å². The van der Waals surface area contributed by atoms with Crippen LogP contribution in [0.25, 0.3) is 0 Å². The normalized spacial score (nSPS) is 14.2. The molecule has 0 heterocycles. The summed E-state index contributed by atoms with van der Waals surface area (Å²) in [4.78, 5) is 40.0. The molecule has 0 aromatic rings. The quantitative estimate of drug-likeness (QED) is 0.0212. The summed E-state index contributed by atoms with van der Waals surface area (Å²) in [6.07, 6.45) is 79.5. The lowest BCUT2D eigenvalue weighted by atomic mass is 10.0. The standard InChI is InChI=1S/C70H125N2O7P/c1-7-10-13-16-19-22-25-28-30-31-32-33-34-35-36-37-38-39-40-41-43-45-48-51-54-57-60-63-70(74)79-68(61-58-55-52-49-46-27-24-21-18-15-12-9-3)67(66-78-80(75,76)77-65-64-72(4,5)6)71-69(73)62-59-56-53-50-47-44-42-29-26-23-20-17-14-11-8-2/h10,13,19,22-23,26,28,30,32-33,35-36,38-39,58,61,67-68H,7-9,11-12,14-18,20-21,24-25,27,29,31,34,37,40-57,59-60,62-66H2,1-6H3,(H-,71,73,75,76)/b13-10-,22-19-,26-23-,30-28-,33-32-,36-35-,39-38-,61-58-. The van der Waals surface area contributed by atoms with E-state index in [0.29, 0.717) is 17.4 Å². The van der Waals surface area contributed by atoms with Crippen LogP contribution in [0.15, 0.2) is 97.2 Å². The first kappa shape index (κ1) is 76.9. The van der Waals surface area contributed by atoms with E-state index in [1.165, 1.54) is 128 Å². The Kier molecular flexibility index (Phi) is 56.8. The topological polar surface area (TPSA) is 114 Å². The second-order valence-corrected chi connectivity index (χ2v) is 24.6. The van der Waals surface area contributed by atoms with Crippen LogP contribution in [0.2, 0.25) is 0 Å². The number of amides is 1. The van der Waals surface area contributed by atoms with Crippen molar-refractivity contribution < 1.29 is 37.3 Å². The first-order chi connectivity index (χ1) is 38.9. The van der Waals surface area contributed by atoms with Crippen LogP contribution >= 0.6 is 7.82 Å². The van der Waals surface area contributed by atoms with Gasteiger partial charge in [0.2, 0.25) is 5.91 Å². The molecule has 0 aliphatic carbocycles. The number of likely N-dealkylation sites (N-methyl/N-ethyl adjacent to an activating group) is 1. The Labute approximate surface area is 494 Å². The van der Waals surface area contributed by atoms with Gasteiger partial charge in [0.1, 0.15) is 19.3 Å². The van der Waals surface area contributed by atoms with Crippen molar-refractivity contribution in [2.75, 3.05) is 40.9 Å². The molecule has 0 aliphatic rings. The number of phosphoric acid groups is 1.